The minimum atomic E-state index is -5.62. The van der Waals surface area contributed by atoms with E-state index in [1.165, 1.54) is 18.2 Å². The van der Waals surface area contributed by atoms with Gasteiger partial charge in [-0.15, -0.1) is 0 Å². The lowest BCUT2D eigenvalue weighted by Crippen LogP contribution is -2.34. The van der Waals surface area contributed by atoms with Crippen LogP contribution in [-0.4, -0.2) is 51.4 Å². The lowest BCUT2D eigenvalue weighted by molar-refractivity contribution is -0.385. The van der Waals surface area contributed by atoms with Gasteiger partial charge in [0.15, 0.2) is 0 Å². The molecule has 0 amide bonds. The lowest BCUT2D eigenvalue weighted by Gasteiger charge is -2.06. The molecule has 0 aliphatic carbocycles. The number of esters is 3. The van der Waals surface area contributed by atoms with Crippen LogP contribution in [0.4, 0.5) is 50.9 Å². The second-order valence-corrected chi connectivity index (χ2v) is 6.09. The highest BCUT2D eigenvalue weighted by Crippen LogP contribution is 2.24. The van der Waals surface area contributed by atoms with Gasteiger partial charge in [0.2, 0.25) is 0 Å². The summed E-state index contributed by atoms with van der Waals surface area (Å²) in [6.45, 7) is 0. The molecular formula is C18H9F9N2O10. The van der Waals surface area contributed by atoms with Crippen molar-refractivity contribution >= 4 is 29.3 Å². The van der Waals surface area contributed by atoms with Crippen molar-refractivity contribution in [3.63, 3.8) is 0 Å². The highest BCUT2D eigenvalue weighted by atomic mass is 19.4. The van der Waals surface area contributed by atoms with E-state index in [1.807, 2.05) is 0 Å². The summed E-state index contributed by atoms with van der Waals surface area (Å²) in [5.41, 5.74) is -0.563. The van der Waals surface area contributed by atoms with E-state index < -0.39 is 57.7 Å². The van der Waals surface area contributed by atoms with Crippen LogP contribution in [0.3, 0.4) is 0 Å². The average Bonchev–Trinajstić information content (AvgIpc) is 2.78. The molecule has 21 heteroatoms. The number of phenols is 1. The SMILES string of the molecule is O=C(OC(=O)C(F)(F)F)C(F)(F)F.O=C(Oc1cccc([N+](=O)[O-])c1)C(F)(F)F.O=[N+]([O-])c1cccc(O)c1. The smallest absolute Gasteiger partial charge is 0.491 e. The van der Waals surface area contributed by atoms with Crippen molar-refractivity contribution in [3.8, 4) is 11.5 Å². The van der Waals surface area contributed by atoms with Crippen LogP contribution in [0.15, 0.2) is 48.5 Å². The maximum atomic E-state index is 11.8. The van der Waals surface area contributed by atoms with Crippen LogP contribution in [0, 0.1) is 20.2 Å². The number of carbonyl (C=O) groups excluding carboxylic acids is 3. The Labute approximate surface area is 207 Å². The highest BCUT2D eigenvalue weighted by molar-refractivity contribution is 5.90. The van der Waals surface area contributed by atoms with E-state index in [9.17, 15) is 74.1 Å². The molecule has 0 bridgehead atoms. The van der Waals surface area contributed by atoms with Gasteiger partial charge in [-0.1, -0.05) is 12.1 Å². The Balaban J connectivity index is 0.000000571. The van der Waals surface area contributed by atoms with Crippen LogP contribution in [0.1, 0.15) is 0 Å². The van der Waals surface area contributed by atoms with Gasteiger partial charge in [0.1, 0.15) is 11.5 Å². The maximum absolute atomic E-state index is 11.8. The number of halogens is 9. The Bertz CT molecular complexity index is 1190. The Morgan fingerprint density at radius 2 is 1.05 bits per heavy atom. The van der Waals surface area contributed by atoms with E-state index in [0.717, 1.165) is 30.3 Å². The number of non-ortho nitro benzene ring substituents is 2. The molecule has 0 saturated heterocycles. The van der Waals surface area contributed by atoms with Gasteiger partial charge in [-0.25, -0.2) is 14.4 Å². The fraction of sp³-hybridized carbons (Fsp3) is 0.167. The fourth-order valence-corrected chi connectivity index (χ4v) is 1.63. The first kappa shape index (κ1) is 34.0. The van der Waals surface area contributed by atoms with Crippen molar-refractivity contribution in [2.45, 2.75) is 18.5 Å². The van der Waals surface area contributed by atoms with Crippen LogP contribution in [0.25, 0.3) is 0 Å². The summed E-state index contributed by atoms with van der Waals surface area (Å²) in [7, 11) is 0. The van der Waals surface area contributed by atoms with Crippen molar-refractivity contribution in [2.24, 2.45) is 0 Å². The molecule has 0 aromatic heterocycles. The summed E-state index contributed by atoms with van der Waals surface area (Å²) in [5.74, 6) is -9.44. The molecule has 0 aliphatic heterocycles. The topological polar surface area (TPSA) is 176 Å². The van der Waals surface area contributed by atoms with Crippen LogP contribution in [0.2, 0.25) is 0 Å². The number of ether oxygens (including phenoxy) is 2. The average molecular weight is 584 g/mol. The van der Waals surface area contributed by atoms with Crippen LogP contribution in [-0.2, 0) is 19.1 Å². The Hall–Kier alpha value is -4.98. The molecule has 12 nitrogen and oxygen atoms in total. The number of carbonyl (C=O) groups is 3. The Kier molecular flexibility index (Phi) is 11.8. The van der Waals surface area contributed by atoms with Crippen molar-refractivity contribution < 1.29 is 78.3 Å². The number of aromatic hydroxyl groups is 1. The summed E-state index contributed by atoms with van der Waals surface area (Å²) >= 11 is 0. The molecule has 2 aromatic rings. The molecule has 39 heavy (non-hydrogen) atoms. The Morgan fingerprint density at radius 3 is 1.38 bits per heavy atom. The predicted molar refractivity (Wildman–Crippen MR) is 103 cm³/mol. The lowest BCUT2D eigenvalue weighted by atomic mass is 10.3. The summed E-state index contributed by atoms with van der Waals surface area (Å²) in [6, 6.07) is 9.13. The molecule has 0 saturated carbocycles. The summed E-state index contributed by atoms with van der Waals surface area (Å²) < 4.78 is 109. The molecule has 0 unspecified atom stereocenters. The highest BCUT2D eigenvalue weighted by Gasteiger charge is 2.49. The van der Waals surface area contributed by atoms with Gasteiger partial charge >= 0.3 is 36.4 Å². The minimum absolute atomic E-state index is 0.0887. The minimum Gasteiger partial charge on any atom is -0.508 e. The summed E-state index contributed by atoms with van der Waals surface area (Å²) in [4.78, 5) is 48.7. The molecule has 0 aliphatic rings. The van der Waals surface area contributed by atoms with E-state index in [4.69, 9.17) is 5.11 Å². The van der Waals surface area contributed by atoms with Crippen LogP contribution >= 0.6 is 0 Å². The first-order chi connectivity index (χ1) is 17.6. The zero-order chi connectivity index (χ0) is 30.8. The van der Waals surface area contributed by atoms with Gasteiger partial charge in [0.25, 0.3) is 11.4 Å². The van der Waals surface area contributed by atoms with Gasteiger partial charge in [0.05, 0.1) is 22.0 Å². The zero-order valence-electron chi connectivity index (χ0n) is 18.0. The monoisotopic (exact) mass is 584 g/mol. The number of nitro benzene ring substituents is 2. The van der Waals surface area contributed by atoms with Gasteiger partial charge < -0.3 is 14.6 Å². The molecule has 0 atom stereocenters. The van der Waals surface area contributed by atoms with E-state index in [2.05, 4.69) is 9.47 Å². The van der Waals surface area contributed by atoms with Gasteiger partial charge in [-0.05, 0) is 12.1 Å². The standard InChI is InChI=1S/C8H4F3NO4.C6H5NO3.C4F6O3/c9-8(10,11)7(13)16-6-3-1-2-5(4-6)12(14)15;8-6-3-1-2-5(4-6)7(9)10;5-3(6,7)1(11)13-2(12)4(8,9)10/h1-4H;1-4,8H;. The second kappa shape index (κ2) is 13.5. The summed E-state index contributed by atoms with van der Waals surface area (Å²) in [6.07, 6.45) is -16.4. The number of hydrogen-bond acceptors (Lipinski definition) is 10. The largest absolute Gasteiger partial charge is 0.508 e. The number of benzene rings is 2. The van der Waals surface area contributed by atoms with Gasteiger partial charge in [-0.3, -0.25) is 20.2 Å². The normalized spacial score (nSPS) is 11.0. The number of nitro groups is 2. The van der Waals surface area contributed by atoms with Crippen molar-refractivity contribution in [3.05, 3.63) is 68.8 Å². The van der Waals surface area contributed by atoms with E-state index in [0.29, 0.717) is 0 Å². The Morgan fingerprint density at radius 1 is 0.667 bits per heavy atom. The van der Waals surface area contributed by atoms with Crippen LogP contribution < -0.4 is 4.74 Å². The number of alkyl halides is 9. The number of phenolic OH excluding ortho intramolecular Hbond substituents is 1. The van der Waals surface area contributed by atoms with Crippen molar-refractivity contribution in [2.75, 3.05) is 0 Å². The second-order valence-electron chi connectivity index (χ2n) is 6.09. The first-order valence-electron chi connectivity index (χ1n) is 8.92. The van der Waals surface area contributed by atoms with E-state index >= 15 is 0 Å². The molecule has 2 rings (SSSR count). The zero-order valence-corrected chi connectivity index (χ0v) is 18.0. The first-order valence-corrected chi connectivity index (χ1v) is 8.92. The number of hydrogen-bond donors (Lipinski definition) is 1. The molecule has 214 valence electrons. The molecule has 0 heterocycles. The predicted octanol–water partition coefficient (Wildman–Crippen LogP) is 4.54. The molecule has 2 aromatic carbocycles. The molecule has 0 fully saturated rings. The third-order valence-electron chi connectivity index (χ3n) is 3.16. The summed E-state index contributed by atoms with van der Waals surface area (Å²) in [5, 5.41) is 29.1. The van der Waals surface area contributed by atoms with Crippen LogP contribution in [0.5, 0.6) is 11.5 Å². The van der Waals surface area contributed by atoms with Gasteiger partial charge in [-0.2, -0.15) is 39.5 Å². The van der Waals surface area contributed by atoms with Crippen molar-refractivity contribution in [1.82, 2.24) is 0 Å². The molecule has 0 spiro atoms. The third-order valence-corrected chi connectivity index (χ3v) is 3.16. The number of nitrogens with zero attached hydrogens (tertiary/aromatic N) is 2. The molecular weight excluding hydrogens is 575 g/mol. The maximum Gasteiger partial charge on any atom is 0.491 e. The van der Waals surface area contributed by atoms with E-state index in [1.54, 1.807) is 0 Å². The molecule has 0 radical (unpaired) electrons. The van der Waals surface area contributed by atoms with Crippen molar-refractivity contribution in [1.29, 1.82) is 0 Å². The van der Waals surface area contributed by atoms with Gasteiger partial charge in [0, 0.05) is 12.1 Å². The quantitative estimate of drug-likeness (QED) is 0.135. The number of rotatable bonds is 3. The molecule has 1 N–H and O–H groups in total. The van der Waals surface area contributed by atoms with E-state index in [-0.39, 0.29) is 11.4 Å². The third kappa shape index (κ3) is 13.2. The fourth-order valence-electron chi connectivity index (χ4n) is 1.63.